The molecule has 0 aromatic rings. The van der Waals surface area contributed by atoms with Crippen molar-refractivity contribution in [2.45, 2.75) is 25.7 Å². The molecule has 2 amide bonds. The fourth-order valence-electron chi connectivity index (χ4n) is 2.43. The van der Waals surface area contributed by atoms with Gasteiger partial charge in [0.15, 0.2) is 0 Å². The lowest BCUT2D eigenvalue weighted by molar-refractivity contribution is -0.143. The number of carbonyl (C=O) groups excluding carboxylic acids is 2. The highest BCUT2D eigenvalue weighted by atomic mass is 16.4. The summed E-state index contributed by atoms with van der Waals surface area (Å²) in [4.78, 5) is 33.3. The second kappa shape index (κ2) is 4.08. The van der Waals surface area contributed by atoms with E-state index < -0.39 is 11.9 Å². The molecule has 16 heavy (non-hydrogen) atoms. The van der Waals surface area contributed by atoms with Crippen molar-refractivity contribution in [1.29, 1.82) is 0 Å². The van der Waals surface area contributed by atoms with Gasteiger partial charge in [-0.15, -0.1) is 0 Å². The van der Waals surface area contributed by atoms with Gasteiger partial charge in [-0.25, -0.2) is 0 Å². The number of rotatable bonds is 2. The van der Waals surface area contributed by atoms with E-state index in [9.17, 15) is 14.4 Å². The van der Waals surface area contributed by atoms with Gasteiger partial charge in [-0.1, -0.05) is 6.42 Å². The molecule has 2 atom stereocenters. The van der Waals surface area contributed by atoms with E-state index in [1.807, 2.05) is 0 Å². The molecule has 1 aliphatic heterocycles. The number of amides is 2. The second-order valence-electron chi connectivity index (χ2n) is 4.32. The van der Waals surface area contributed by atoms with Gasteiger partial charge < -0.3 is 5.11 Å². The van der Waals surface area contributed by atoms with E-state index in [1.165, 1.54) is 6.08 Å². The van der Waals surface area contributed by atoms with Crippen molar-refractivity contribution in [3.05, 3.63) is 11.6 Å². The van der Waals surface area contributed by atoms with Crippen LogP contribution in [0.1, 0.15) is 25.7 Å². The highest BCUT2D eigenvalue weighted by Crippen LogP contribution is 2.34. The van der Waals surface area contributed by atoms with Crippen molar-refractivity contribution in [3.63, 3.8) is 0 Å². The maximum absolute atomic E-state index is 11.4. The summed E-state index contributed by atoms with van der Waals surface area (Å²) >= 11 is 0. The lowest BCUT2D eigenvalue weighted by Crippen LogP contribution is -2.28. The standard InChI is InChI=1S/C11H13NO4/c13-9-5-8(10(14)12-9)6-2-1-3-7(4-6)11(15)16/h5-7H,1-4H2,(H,15,16)(H,12,13,14). The Morgan fingerprint density at radius 3 is 2.69 bits per heavy atom. The predicted molar refractivity (Wildman–Crippen MR) is 54.3 cm³/mol. The molecule has 0 radical (unpaired) electrons. The van der Waals surface area contributed by atoms with E-state index in [0.29, 0.717) is 18.4 Å². The molecule has 1 saturated carbocycles. The normalized spacial score (nSPS) is 29.9. The quantitative estimate of drug-likeness (QED) is 0.666. The minimum atomic E-state index is -0.810. The van der Waals surface area contributed by atoms with Gasteiger partial charge in [0, 0.05) is 11.6 Å². The van der Waals surface area contributed by atoms with Gasteiger partial charge in [0.2, 0.25) is 0 Å². The molecule has 86 valence electrons. The summed E-state index contributed by atoms with van der Waals surface area (Å²) in [6.45, 7) is 0. The number of aliphatic carboxylic acids is 1. The van der Waals surface area contributed by atoms with Crippen molar-refractivity contribution in [1.82, 2.24) is 5.32 Å². The Kier molecular flexibility index (Phi) is 2.77. The first-order valence-corrected chi connectivity index (χ1v) is 5.37. The van der Waals surface area contributed by atoms with Crippen LogP contribution in [-0.4, -0.2) is 22.9 Å². The van der Waals surface area contributed by atoms with E-state index >= 15 is 0 Å². The summed E-state index contributed by atoms with van der Waals surface area (Å²) in [5.41, 5.74) is 0.455. The molecule has 5 nitrogen and oxygen atoms in total. The zero-order valence-corrected chi connectivity index (χ0v) is 8.73. The number of nitrogens with one attached hydrogen (secondary N) is 1. The molecular weight excluding hydrogens is 210 g/mol. The van der Waals surface area contributed by atoms with Crippen molar-refractivity contribution in [3.8, 4) is 0 Å². The predicted octanol–water partition coefficient (Wildman–Crippen LogP) is 0.460. The van der Waals surface area contributed by atoms with E-state index in [2.05, 4.69) is 5.32 Å². The van der Waals surface area contributed by atoms with Crippen LogP contribution in [0.2, 0.25) is 0 Å². The molecule has 0 aromatic heterocycles. The summed E-state index contributed by atoms with van der Waals surface area (Å²) in [6, 6.07) is 0. The minimum absolute atomic E-state index is 0.0821. The second-order valence-corrected chi connectivity index (χ2v) is 4.32. The van der Waals surface area contributed by atoms with Crippen LogP contribution < -0.4 is 5.32 Å². The van der Waals surface area contributed by atoms with Crippen LogP contribution in [0, 0.1) is 11.8 Å². The minimum Gasteiger partial charge on any atom is -0.481 e. The summed E-state index contributed by atoms with van der Waals surface area (Å²) in [6.07, 6.45) is 4.00. The molecular formula is C11H13NO4. The lowest BCUT2D eigenvalue weighted by atomic mass is 9.78. The summed E-state index contributed by atoms with van der Waals surface area (Å²) < 4.78 is 0. The number of hydrogen-bond donors (Lipinski definition) is 2. The molecule has 1 heterocycles. The van der Waals surface area contributed by atoms with Crippen LogP contribution in [0.3, 0.4) is 0 Å². The SMILES string of the molecule is O=C1C=C(C2CCCC(C(=O)O)C2)C(=O)N1. The van der Waals surface area contributed by atoms with Gasteiger partial charge in [0.25, 0.3) is 11.8 Å². The number of carboxylic acids is 1. The molecule has 2 N–H and O–H groups in total. The molecule has 1 fully saturated rings. The van der Waals surface area contributed by atoms with Crippen LogP contribution in [-0.2, 0) is 14.4 Å². The molecule has 2 unspecified atom stereocenters. The average Bonchev–Trinajstić information content (AvgIpc) is 2.58. The molecule has 0 saturated heterocycles. The van der Waals surface area contributed by atoms with Crippen molar-refractivity contribution in [2.75, 3.05) is 0 Å². The Hall–Kier alpha value is -1.65. The maximum Gasteiger partial charge on any atom is 0.306 e. The number of hydrogen-bond acceptors (Lipinski definition) is 3. The molecule has 5 heteroatoms. The van der Waals surface area contributed by atoms with Crippen LogP contribution >= 0.6 is 0 Å². The summed E-state index contributed by atoms with van der Waals surface area (Å²) in [5, 5.41) is 11.1. The third-order valence-electron chi connectivity index (χ3n) is 3.25. The van der Waals surface area contributed by atoms with E-state index in [-0.39, 0.29) is 17.7 Å². The van der Waals surface area contributed by atoms with Crippen LogP contribution in [0.25, 0.3) is 0 Å². The van der Waals surface area contributed by atoms with Crippen molar-refractivity contribution >= 4 is 17.8 Å². The van der Waals surface area contributed by atoms with Gasteiger partial charge in [-0.3, -0.25) is 19.7 Å². The molecule has 0 spiro atoms. The summed E-state index contributed by atoms with van der Waals surface area (Å²) in [7, 11) is 0. The Balaban J connectivity index is 2.10. The Bertz CT molecular complexity index is 385. The van der Waals surface area contributed by atoms with Crippen LogP contribution in [0.15, 0.2) is 11.6 Å². The molecule has 0 aromatic carbocycles. The number of carboxylic acid groups (broad SMARTS) is 1. The topological polar surface area (TPSA) is 83.5 Å². The third-order valence-corrected chi connectivity index (χ3v) is 3.25. The lowest BCUT2D eigenvalue weighted by Gasteiger charge is -2.26. The Morgan fingerprint density at radius 1 is 1.38 bits per heavy atom. The smallest absolute Gasteiger partial charge is 0.306 e. The van der Waals surface area contributed by atoms with Gasteiger partial charge >= 0.3 is 5.97 Å². The molecule has 2 rings (SSSR count). The monoisotopic (exact) mass is 223 g/mol. The molecule has 0 bridgehead atoms. The maximum atomic E-state index is 11.4. The first-order valence-electron chi connectivity index (χ1n) is 5.37. The fraction of sp³-hybridized carbons (Fsp3) is 0.545. The Labute approximate surface area is 92.5 Å². The number of carbonyl (C=O) groups is 3. The molecule has 1 aliphatic carbocycles. The first kappa shape index (κ1) is 10.9. The van der Waals surface area contributed by atoms with E-state index in [1.54, 1.807) is 0 Å². The number of imide groups is 1. The van der Waals surface area contributed by atoms with Gasteiger partial charge in [-0.05, 0) is 25.2 Å². The largest absolute Gasteiger partial charge is 0.481 e. The van der Waals surface area contributed by atoms with E-state index in [0.717, 1.165) is 12.8 Å². The van der Waals surface area contributed by atoms with Crippen molar-refractivity contribution in [2.24, 2.45) is 11.8 Å². The highest BCUT2D eigenvalue weighted by Gasteiger charge is 2.34. The van der Waals surface area contributed by atoms with E-state index in [4.69, 9.17) is 5.11 Å². The van der Waals surface area contributed by atoms with Crippen LogP contribution in [0.4, 0.5) is 0 Å². The van der Waals surface area contributed by atoms with Crippen LogP contribution in [0.5, 0.6) is 0 Å². The van der Waals surface area contributed by atoms with Gasteiger partial charge in [0.05, 0.1) is 5.92 Å². The first-order chi connectivity index (χ1) is 7.58. The van der Waals surface area contributed by atoms with Crippen molar-refractivity contribution < 1.29 is 19.5 Å². The third kappa shape index (κ3) is 1.98. The average molecular weight is 223 g/mol. The van der Waals surface area contributed by atoms with Gasteiger partial charge in [0.1, 0.15) is 0 Å². The fourth-order valence-corrected chi connectivity index (χ4v) is 2.43. The highest BCUT2D eigenvalue weighted by molar-refractivity contribution is 6.16. The molecule has 2 aliphatic rings. The van der Waals surface area contributed by atoms with Gasteiger partial charge in [-0.2, -0.15) is 0 Å². The zero-order valence-electron chi connectivity index (χ0n) is 8.73. The Morgan fingerprint density at radius 2 is 2.12 bits per heavy atom. The summed E-state index contributed by atoms with van der Waals surface area (Å²) in [5.74, 6) is -2.03. The zero-order chi connectivity index (χ0) is 11.7.